The molecule has 1 amide bonds. The third kappa shape index (κ3) is 7.02. The third-order valence-corrected chi connectivity index (χ3v) is 6.44. The Labute approximate surface area is 210 Å². The van der Waals surface area contributed by atoms with Gasteiger partial charge in [0.25, 0.3) is 11.6 Å². The summed E-state index contributed by atoms with van der Waals surface area (Å²) in [5, 5.41) is 14.4. The zero-order valence-electron chi connectivity index (χ0n) is 20.3. The van der Waals surface area contributed by atoms with Crippen LogP contribution in [0.5, 0.6) is 0 Å². The van der Waals surface area contributed by atoms with Crippen LogP contribution >= 0.6 is 0 Å². The van der Waals surface area contributed by atoms with Crippen LogP contribution in [-0.2, 0) is 20.8 Å². The number of hydrogen-bond acceptors (Lipinski definition) is 8. The molecule has 2 aliphatic heterocycles. The van der Waals surface area contributed by atoms with Crippen LogP contribution in [0.15, 0.2) is 42.5 Å². The minimum absolute atomic E-state index is 0.0422. The number of anilines is 2. The molecule has 2 aromatic carbocycles. The molecule has 1 N–H and O–H groups in total. The Bertz CT molecular complexity index is 1060. The molecular weight excluding hydrogens is 464 g/mol. The molecule has 0 radical (unpaired) electrons. The number of nitro benzene ring substituents is 1. The maximum absolute atomic E-state index is 12.5. The van der Waals surface area contributed by atoms with Gasteiger partial charge in [-0.1, -0.05) is 25.0 Å². The normalized spacial score (nSPS) is 16.7. The molecular formula is C26H32N4O6. The van der Waals surface area contributed by atoms with E-state index in [0.29, 0.717) is 11.4 Å². The number of rotatable bonds is 8. The molecule has 36 heavy (non-hydrogen) atoms. The monoisotopic (exact) mass is 496 g/mol. The third-order valence-electron chi connectivity index (χ3n) is 6.44. The van der Waals surface area contributed by atoms with Crippen LogP contribution in [0.3, 0.4) is 0 Å². The summed E-state index contributed by atoms with van der Waals surface area (Å²) in [6.45, 7) is 5.10. The molecule has 2 fully saturated rings. The Morgan fingerprint density at radius 1 is 0.972 bits per heavy atom. The van der Waals surface area contributed by atoms with Crippen molar-refractivity contribution in [3.8, 4) is 0 Å². The zero-order chi connectivity index (χ0) is 25.3. The zero-order valence-corrected chi connectivity index (χ0v) is 20.3. The smallest absolute Gasteiger partial charge is 0.338 e. The van der Waals surface area contributed by atoms with Crippen molar-refractivity contribution >= 4 is 28.9 Å². The van der Waals surface area contributed by atoms with Crippen LogP contribution in [0.2, 0.25) is 0 Å². The second-order valence-electron chi connectivity index (χ2n) is 9.07. The van der Waals surface area contributed by atoms with Crippen molar-refractivity contribution in [2.24, 2.45) is 0 Å². The molecule has 0 spiro atoms. The van der Waals surface area contributed by atoms with Gasteiger partial charge >= 0.3 is 5.97 Å². The first-order chi connectivity index (χ1) is 17.5. The van der Waals surface area contributed by atoms with Crippen LogP contribution in [0.4, 0.5) is 17.1 Å². The fourth-order valence-corrected chi connectivity index (χ4v) is 4.50. The van der Waals surface area contributed by atoms with Crippen LogP contribution in [0.25, 0.3) is 0 Å². The first kappa shape index (κ1) is 25.6. The molecule has 2 aromatic rings. The van der Waals surface area contributed by atoms with Gasteiger partial charge in [-0.25, -0.2) is 4.79 Å². The topological polar surface area (TPSA) is 114 Å². The maximum atomic E-state index is 12.5. The summed E-state index contributed by atoms with van der Waals surface area (Å²) in [7, 11) is 0. The van der Waals surface area contributed by atoms with Crippen LogP contribution in [0.1, 0.15) is 41.6 Å². The van der Waals surface area contributed by atoms with Gasteiger partial charge in [0, 0.05) is 44.5 Å². The van der Waals surface area contributed by atoms with Crippen molar-refractivity contribution in [3.63, 3.8) is 0 Å². The standard InChI is InChI=1S/C26H32N4O6/c31-25(27-22-8-5-20(6-9-22)18-28-13-15-35-16-14-28)19-36-26(32)21-7-10-23(24(17-21)30(33)34)29-11-3-1-2-4-12-29/h5-10,17H,1-4,11-16,18-19H2,(H,27,31). The number of benzene rings is 2. The molecule has 4 rings (SSSR count). The van der Waals surface area contributed by atoms with E-state index in [2.05, 4.69) is 10.2 Å². The maximum Gasteiger partial charge on any atom is 0.338 e. The van der Waals surface area contributed by atoms with E-state index < -0.39 is 23.4 Å². The second-order valence-corrected chi connectivity index (χ2v) is 9.07. The van der Waals surface area contributed by atoms with E-state index >= 15 is 0 Å². The number of morpholine rings is 1. The van der Waals surface area contributed by atoms with Gasteiger partial charge in [0.15, 0.2) is 6.61 Å². The molecule has 2 heterocycles. The number of hydrogen-bond donors (Lipinski definition) is 1. The van der Waals surface area contributed by atoms with Crippen molar-refractivity contribution in [1.29, 1.82) is 0 Å². The summed E-state index contributed by atoms with van der Waals surface area (Å²) < 4.78 is 10.5. The summed E-state index contributed by atoms with van der Waals surface area (Å²) >= 11 is 0. The number of nitrogens with zero attached hydrogens (tertiary/aromatic N) is 3. The lowest BCUT2D eigenvalue weighted by Crippen LogP contribution is -2.35. The number of amides is 1. The Balaban J connectivity index is 1.30. The van der Waals surface area contributed by atoms with E-state index in [1.54, 1.807) is 18.2 Å². The summed E-state index contributed by atoms with van der Waals surface area (Å²) in [6, 6.07) is 11.8. The van der Waals surface area contributed by atoms with Gasteiger partial charge in [0.05, 0.1) is 23.7 Å². The van der Waals surface area contributed by atoms with E-state index in [1.807, 2.05) is 17.0 Å². The van der Waals surface area contributed by atoms with Gasteiger partial charge < -0.3 is 19.7 Å². The molecule has 192 valence electrons. The Kier molecular flexibility index (Phi) is 8.85. The first-order valence-corrected chi connectivity index (χ1v) is 12.4. The summed E-state index contributed by atoms with van der Waals surface area (Å²) in [5.41, 5.74) is 2.15. The molecule has 0 aliphatic carbocycles. The van der Waals surface area contributed by atoms with Crippen LogP contribution in [-0.4, -0.2) is 67.7 Å². The lowest BCUT2D eigenvalue weighted by atomic mass is 10.1. The van der Waals surface area contributed by atoms with E-state index in [0.717, 1.165) is 77.2 Å². The van der Waals surface area contributed by atoms with Crippen molar-refractivity contribution in [3.05, 3.63) is 63.7 Å². The highest BCUT2D eigenvalue weighted by atomic mass is 16.6. The Morgan fingerprint density at radius 3 is 2.33 bits per heavy atom. The number of carbonyl (C=O) groups is 2. The lowest BCUT2D eigenvalue weighted by molar-refractivity contribution is -0.384. The van der Waals surface area contributed by atoms with Crippen molar-refractivity contribution < 1.29 is 24.0 Å². The highest BCUT2D eigenvalue weighted by Gasteiger charge is 2.23. The minimum Gasteiger partial charge on any atom is -0.452 e. The number of carbonyl (C=O) groups excluding carboxylic acids is 2. The minimum atomic E-state index is -0.781. The van der Waals surface area contributed by atoms with Gasteiger partial charge in [-0.05, 0) is 42.7 Å². The van der Waals surface area contributed by atoms with Crippen LogP contribution in [0, 0.1) is 10.1 Å². The molecule has 10 heteroatoms. The number of nitro groups is 1. The van der Waals surface area contributed by atoms with Gasteiger partial charge in [-0.15, -0.1) is 0 Å². The predicted octanol–water partition coefficient (Wildman–Crippen LogP) is 3.60. The van der Waals surface area contributed by atoms with E-state index in [4.69, 9.17) is 9.47 Å². The number of ether oxygens (including phenoxy) is 2. The van der Waals surface area contributed by atoms with Gasteiger partial charge in [0.2, 0.25) is 0 Å². The van der Waals surface area contributed by atoms with Crippen LogP contribution < -0.4 is 10.2 Å². The molecule has 2 saturated heterocycles. The van der Waals surface area contributed by atoms with Crippen molar-refractivity contribution in [1.82, 2.24) is 4.90 Å². The summed E-state index contributed by atoms with van der Waals surface area (Å²) in [4.78, 5) is 40.3. The summed E-state index contributed by atoms with van der Waals surface area (Å²) in [5.74, 6) is -1.27. The molecule has 10 nitrogen and oxygen atoms in total. The predicted molar refractivity (Wildman–Crippen MR) is 135 cm³/mol. The van der Waals surface area contributed by atoms with E-state index in [1.165, 1.54) is 12.1 Å². The Morgan fingerprint density at radius 2 is 1.67 bits per heavy atom. The highest BCUT2D eigenvalue weighted by molar-refractivity contribution is 5.96. The molecule has 0 saturated carbocycles. The average molecular weight is 497 g/mol. The number of esters is 1. The Hall–Kier alpha value is -3.50. The van der Waals surface area contributed by atoms with E-state index in [9.17, 15) is 19.7 Å². The lowest BCUT2D eigenvalue weighted by Gasteiger charge is -2.26. The molecule has 2 aliphatic rings. The van der Waals surface area contributed by atoms with Crippen molar-refractivity contribution in [2.45, 2.75) is 32.2 Å². The van der Waals surface area contributed by atoms with Gasteiger partial charge in [-0.3, -0.25) is 19.8 Å². The highest BCUT2D eigenvalue weighted by Crippen LogP contribution is 2.31. The molecule has 0 atom stereocenters. The summed E-state index contributed by atoms with van der Waals surface area (Å²) in [6.07, 6.45) is 4.17. The second kappa shape index (κ2) is 12.5. The fraction of sp³-hybridized carbons (Fsp3) is 0.462. The largest absolute Gasteiger partial charge is 0.452 e. The number of nitrogens with one attached hydrogen (secondary N) is 1. The van der Waals surface area contributed by atoms with Gasteiger partial charge in [0.1, 0.15) is 5.69 Å². The van der Waals surface area contributed by atoms with E-state index in [-0.39, 0.29) is 11.3 Å². The molecule has 0 aromatic heterocycles. The average Bonchev–Trinajstić information content (AvgIpc) is 3.18. The first-order valence-electron chi connectivity index (χ1n) is 12.4. The molecule has 0 unspecified atom stereocenters. The molecule has 0 bridgehead atoms. The quantitative estimate of drug-likeness (QED) is 0.335. The van der Waals surface area contributed by atoms with Crippen molar-refractivity contribution in [2.75, 3.05) is 56.2 Å². The fourth-order valence-electron chi connectivity index (χ4n) is 4.50. The van der Waals surface area contributed by atoms with Gasteiger partial charge in [-0.2, -0.15) is 0 Å². The SMILES string of the molecule is O=C(COC(=O)c1ccc(N2CCCCCC2)c([N+](=O)[O-])c1)Nc1ccc(CN2CCOCC2)cc1.